The molecule has 0 spiro atoms. The maximum absolute atomic E-state index is 14.4. The zero-order chi connectivity index (χ0) is 14.5. The monoisotopic (exact) mass is 280 g/mol. The minimum absolute atomic E-state index is 0.139. The van der Waals surface area contributed by atoms with Crippen LogP contribution in [-0.4, -0.2) is 7.11 Å². The predicted octanol–water partition coefficient (Wildman–Crippen LogP) is 3.56. The molecule has 4 heteroatoms. The van der Waals surface area contributed by atoms with E-state index in [1.165, 1.54) is 26.4 Å². The van der Waals surface area contributed by atoms with Gasteiger partial charge in [0.1, 0.15) is 0 Å². The quantitative estimate of drug-likeness (QED) is 0.640. The molecule has 2 rings (SSSR count). The number of hydrogen-bond donors (Lipinski definition) is 2. The molecule has 20 heavy (non-hydrogen) atoms. The molecular formula is C16H25FN2O. The Hall–Kier alpha value is -1.13. The van der Waals surface area contributed by atoms with E-state index < -0.39 is 0 Å². The Morgan fingerprint density at radius 3 is 2.90 bits per heavy atom. The predicted molar refractivity (Wildman–Crippen MR) is 78.8 cm³/mol. The number of nitrogens with two attached hydrogens (primary N) is 1. The lowest BCUT2D eigenvalue weighted by Gasteiger charge is -2.34. The second-order valence-corrected chi connectivity index (χ2v) is 5.71. The molecule has 0 aromatic heterocycles. The fraction of sp³-hybridized carbons (Fsp3) is 0.625. The smallest absolute Gasteiger partial charge is 0.169 e. The normalized spacial score (nSPS) is 24.4. The van der Waals surface area contributed by atoms with Gasteiger partial charge in [0.05, 0.1) is 13.2 Å². The average Bonchev–Trinajstić information content (AvgIpc) is 2.50. The molecule has 1 saturated carbocycles. The number of ether oxygens (including phenoxy) is 1. The highest BCUT2D eigenvalue weighted by molar-refractivity contribution is 5.33. The van der Waals surface area contributed by atoms with Gasteiger partial charge < -0.3 is 4.74 Å². The van der Waals surface area contributed by atoms with Gasteiger partial charge in [-0.25, -0.2) is 4.39 Å². The summed E-state index contributed by atoms with van der Waals surface area (Å²) < 4.78 is 19.5. The summed E-state index contributed by atoms with van der Waals surface area (Å²) in [5.74, 6) is 6.84. The summed E-state index contributed by atoms with van der Waals surface area (Å²) in [7, 11) is 1.49. The molecule has 112 valence electrons. The van der Waals surface area contributed by atoms with Crippen LogP contribution in [0.1, 0.15) is 50.6 Å². The average molecular weight is 280 g/mol. The van der Waals surface area contributed by atoms with Crippen molar-refractivity contribution in [2.45, 2.75) is 45.1 Å². The van der Waals surface area contributed by atoms with E-state index in [2.05, 4.69) is 12.3 Å². The maximum Gasteiger partial charge on any atom is 0.169 e. The summed E-state index contributed by atoms with van der Waals surface area (Å²) in [6.45, 7) is 2.23. The number of rotatable bonds is 5. The molecule has 3 nitrogen and oxygen atoms in total. The van der Waals surface area contributed by atoms with Gasteiger partial charge in [0.25, 0.3) is 0 Å². The van der Waals surface area contributed by atoms with Crippen molar-refractivity contribution in [3.8, 4) is 5.75 Å². The number of benzene rings is 1. The lowest BCUT2D eigenvalue weighted by atomic mass is 9.75. The molecule has 0 heterocycles. The van der Waals surface area contributed by atoms with Gasteiger partial charge in [0.15, 0.2) is 11.6 Å². The number of hydrogen-bond acceptors (Lipinski definition) is 3. The molecule has 0 radical (unpaired) electrons. The molecule has 0 saturated heterocycles. The van der Waals surface area contributed by atoms with Crippen LogP contribution in [0.25, 0.3) is 0 Å². The highest BCUT2D eigenvalue weighted by Crippen LogP contribution is 2.39. The highest BCUT2D eigenvalue weighted by atomic mass is 19.1. The first kappa shape index (κ1) is 15.3. The molecule has 1 fully saturated rings. The first-order valence-corrected chi connectivity index (χ1v) is 7.49. The third-order valence-electron chi connectivity index (χ3n) is 4.60. The third kappa shape index (κ3) is 3.13. The Balaban J connectivity index is 2.23. The van der Waals surface area contributed by atoms with Crippen LogP contribution in [-0.2, 0) is 0 Å². The Kier molecular flexibility index (Phi) is 5.38. The van der Waals surface area contributed by atoms with E-state index in [4.69, 9.17) is 10.6 Å². The van der Waals surface area contributed by atoms with Crippen LogP contribution >= 0.6 is 0 Å². The molecule has 0 aliphatic heterocycles. The largest absolute Gasteiger partial charge is 0.494 e. The van der Waals surface area contributed by atoms with Crippen molar-refractivity contribution in [2.24, 2.45) is 17.7 Å². The Morgan fingerprint density at radius 2 is 2.25 bits per heavy atom. The van der Waals surface area contributed by atoms with E-state index in [1.807, 2.05) is 6.07 Å². The number of methoxy groups -OCH3 is 1. The molecular weight excluding hydrogens is 255 g/mol. The molecule has 1 aromatic rings. The maximum atomic E-state index is 14.4. The molecule has 1 aliphatic rings. The lowest BCUT2D eigenvalue weighted by Crippen LogP contribution is -2.36. The van der Waals surface area contributed by atoms with Gasteiger partial charge in [-0.1, -0.05) is 38.3 Å². The summed E-state index contributed by atoms with van der Waals surface area (Å²) in [6, 6.07) is 5.13. The van der Waals surface area contributed by atoms with Crippen LogP contribution in [0.4, 0.5) is 4.39 Å². The molecule has 1 aromatic carbocycles. The van der Waals surface area contributed by atoms with Gasteiger partial charge in [-0.2, -0.15) is 0 Å². The summed E-state index contributed by atoms with van der Waals surface area (Å²) in [5.41, 5.74) is 3.45. The van der Waals surface area contributed by atoms with Crippen molar-refractivity contribution in [1.29, 1.82) is 0 Å². The molecule has 1 aliphatic carbocycles. The van der Waals surface area contributed by atoms with Crippen LogP contribution < -0.4 is 16.0 Å². The zero-order valence-electron chi connectivity index (χ0n) is 12.4. The van der Waals surface area contributed by atoms with Crippen LogP contribution in [0.15, 0.2) is 18.2 Å². The Morgan fingerprint density at radius 1 is 1.45 bits per heavy atom. The van der Waals surface area contributed by atoms with Crippen LogP contribution in [0.3, 0.4) is 0 Å². The van der Waals surface area contributed by atoms with Gasteiger partial charge in [-0.15, -0.1) is 0 Å². The summed E-state index contributed by atoms with van der Waals surface area (Å²) >= 11 is 0. The first-order valence-electron chi connectivity index (χ1n) is 7.49. The second kappa shape index (κ2) is 7.04. The summed E-state index contributed by atoms with van der Waals surface area (Å²) in [5, 5.41) is 0. The van der Waals surface area contributed by atoms with Crippen LogP contribution in [0.5, 0.6) is 5.75 Å². The molecule has 0 bridgehead atoms. The van der Waals surface area contributed by atoms with Crippen molar-refractivity contribution in [3.05, 3.63) is 29.6 Å². The van der Waals surface area contributed by atoms with E-state index >= 15 is 0 Å². The van der Waals surface area contributed by atoms with E-state index in [9.17, 15) is 4.39 Å². The Labute approximate surface area is 120 Å². The van der Waals surface area contributed by atoms with Crippen LogP contribution in [0, 0.1) is 17.7 Å². The van der Waals surface area contributed by atoms with E-state index in [0.29, 0.717) is 11.5 Å². The third-order valence-corrected chi connectivity index (χ3v) is 4.60. The zero-order valence-corrected chi connectivity index (χ0v) is 12.4. The molecule has 3 atom stereocenters. The second-order valence-electron chi connectivity index (χ2n) is 5.71. The van der Waals surface area contributed by atoms with Crippen molar-refractivity contribution < 1.29 is 9.13 Å². The molecule has 3 N–H and O–H groups in total. The minimum atomic E-state index is -0.295. The topological polar surface area (TPSA) is 47.3 Å². The molecule has 0 amide bonds. The van der Waals surface area contributed by atoms with E-state index in [0.717, 1.165) is 18.8 Å². The van der Waals surface area contributed by atoms with Gasteiger partial charge in [0, 0.05) is 5.56 Å². The van der Waals surface area contributed by atoms with Gasteiger partial charge in [0.2, 0.25) is 0 Å². The van der Waals surface area contributed by atoms with Crippen LogP contribution in [0.2, 0.25) is 0 Å². The van der Waals surface area contributed by atoms with Crippen molar-refractivity contribution in [2.75, 3.05) is 7.11 Å². The number of hydrazine groups is 1. The van der Waals surface area contributed by atoms with Crippen molar-refractivity contribution in [3.63, 3.8) is 0 Å². The first-order chi connectivity index (χ1) is 9.71. The number of nitrogens with one attached hydrogen (secondary N) is 1. The van der Waals surface area contributed by atoms with Gasteiger partial charge in [-0.05, 0) is 30.7 Å². The van der Waals surface area contributed by atoms with Gasteiger partial charge in [-0.3, -0.25) is 11.3 Å². The Bertz CT molecular complexity index is 438. The highest BCUT2D eigenvalue weighted by Gasteiger charge is 2.30. The summed E-state index contributed by atoms with van der Waals surface area (Å²) in [6.07, 6.45) is 5.89. The van der Waals surface area contributed by atoms with E-state index in [1.54, 1.807) is 12.1 Å². The minimum Gasteiger partial charge on any atom is -0.494 e. The fourth-order valence-corrected chi connectivity index (χ4v) is 3.41. The standard InChI is InChI=1S/C16H25FN2O/c1-3-11-6-4-7-12(10-11)16(19-18)13-8-5-9-14(20-2)15(13)17/h5,8-9,11-12,16,19H,3-4,6-7,10,18H2,1-2H3. The lowest BCUT2D eigenvalue weighted by molar-refractivity contribution is 0.206. The van der Waals surface area contributed by atoms with Crippen molar-refractivity contribution >= 4 is 0 Å². The molecule has 3 unspecified atom stereocenters. The van der Waals surface area contributed by atoms with Gasteiger partial charge >= 0.3 is 0 Å². The van der Waals surface area contributed by atoms with E-state index in [-0.39, 0.29) is 17.6 Å². The number of halogens is 1. The fourth-order valence-electron chi connectivity index (χ4n) is 3.41. The SMILES string of the molecule is CCC1CCCC(C(NN)c2cccc(OC)c2F)C1. The van der Waals surface area contributed by atoms with Crippen molar-refractivity contribution in [1.82, 2.24) is 5.43 Å². The summed E-state index contributed by atoms with van der Waals surface area (Å²) in [4.78, 5) is 0.